The van der Waals surface area contributed by atoms with Crippen molar-refractivity contribution in [2.45, 2.75) is 38.8 Å². The van der Waals surface area contributed by atoms with E-state index in [2.05, 4.69) is 5.32 Å². The van der Waals surface area contributed by atoms with Crippen LogP contribution in [-0.4, -0.2) is 44.9 Å². The zero-order valence-corrected chi connectivity index (χ0v) is 16.4. The van der Waals surface area contributed by atoms with Crippen molar-refractivity contribution < 1.29 is 23.8 Å². The molecule has 2 atom stereocenters. The van der Waals surface area contributed by atoms with Crippen LogP contribution in [0, 0.1) is 12.7 Å². The number of halogens is 1. The Labute approximate surface area is 170 Å². The summed E-state index contributed by atoms with van der Waals surface area (Å²) in [5.74, 6) is -4.23. The topological polar surface area (TPSA) is 127 Å². The van der Waals surface area contributed by atoms with Gasteiger partial charge < -0.3 is 19.7 Å². The maximum absolute atomic E-state index is 14.0. The first-order valence-corrected chi connectivity index (χ1v) is 9.38. The maximum atomic E-state index is 14.0. The van der Waals surface area contributed by atoms with E-state index in [1.165, 1.54) is 21.6 Å². The average molecular weight is 416 g/mol. The van der Waals surface area contributed by atoms with Gasteiger partial charge in [0.1, 0.15) is 11.4 Å². The predicted octanol–water partition coefficient (Wildman–Crippen LogP) is 0.418. The highest BCUT2D eigenvalue weighted by Crippen LogP contribution is 2.33. The molecule has 158 valence electrons. The molecule has 1 aromatic heterocycles. The molecule has 0 spiro atoms. The lowest BCUT2D eigenvalue weighted by Crippen LogP contribution is -2.63. The zero-order valence-electron chi connectivity index (χ0n) is 16.4. The van der Waals surface area contributed by atoms with Crippen LogP contribution in [0.15, 0.2) is 29.2 Å². The van der Waals surface area contributed by atoms with Gasteiger partial charge in [-0.3, -0.25) is 25.0 Å². The van der Waals surface area contributed by atoms with Crippen molar-refractivity contribution in [3.8, 4) is 5.75 Å². The number of benzene rings is 1. The number of hydrogen-bond donors (Lipinski definition) is 3. The molecule has 1 aromatic carbocycles. The first kappa shape index (κ1) is 20.0. The molecule has 0 unspecified atom stereocenters. The summed E-state index contributed by atoms with van der Waals surface area (Å²) in [6.07, 6.45) is 1.16. The van der Waals surface area contributed by atoms with Gasteiger partial charge in [-0.25, -0.2) is 4.39 Å². The standard InChI is InChI=1S/C20H21FN4O5/c1-10-3-4-12(14(21)5-10)6-23-18(28)13-7-24-9-20(22)25(11(2)8-30-20)19(29)15(24)17(27)16(13)26/h3-5,7,11,27H,6,8-9,22H2,1-2H3,(H,23,28)/t11-,20-/m0/s1. The maximum Gasteiger partial charge on any atom is 0.278 e. The smallest absolute Gasteiger partial charge is 0.278 e. The first-order valence-electron chi connectivity index (χ1n) is 9.38. The number of rotatable bonds is 3. The van der Waals surface area contributed by atoms with E-state index in [-0.39, 0.29) is 42.6 Å². The molecule has 4 rings (SSSR count). The predicted molar refractivity (Wildman–Crippen MR) is 103 cm³/mol. The van der Waals surface area contributed by atoms with Crippen LogP contribution >= 0.6 is 0 Å². The van der Waals surface area contributed by atoms with Gasteiger partial charge in [0.15, 0.2) is 11.4 Å². The third-order valence-corrected chi connectivity index (χ3v) is 5.39. The summed E-state index contributed by atoms with van der Waals surface area (Å²) in [5.41, 5.74) is 5.55. The molecule has 0 bridgehead atoms. The zero-order chi connectivity index (χ0) is 21.8. The Morgan fingerprint density at radius 1 is 1.43 bits per heavy atom. The monoisotopic (exact) mass is 416 g/mol. The van der Waals surface area contributed by atoms with Crippen LogP contribution in [0.5, 0.6) is 5.75 Å². The SMILES string of the molecule is Cc1ccc(CNC(=O)c2cn3c(c(O)c2=O)C(=O)N2[C@@H](C)CO[C@]2(N)C3)c(F)c1. The van der Waals surface area contributed by atoms with Crippen LogP contribution in [0.3, 0.4) is 0 Å². The van der Waals surface area contributed by atoms with Crippen LogP contribution in [0.4, 0.5) is 4.39 Å². The number of carbonyl (C=O) groups excluding carboxylic acids is 2. The molecule has 2 amide bonds. The molecular formula is C20H21FN4O5. The van der Waals surface area contributed by atoms with Crippen LogP contribution in [0.25, 0.3) is 0 Å². The van der Waals surface area contributed by atoms with Gasteiger partial charge in [0.05, 0.1) is 19.2 Å². The first-order chi connectivity index (χ1) is 14.1. The Hall–Kier alpha value is -3.24. The van der Waals surface area contributed by atoms with Gasteiger partial charge >= 0.3 is 0 Å². The molecule has 2 aliphatic rings. The molecular weight excluding hydrogens is 395 g/mol. The minimum atomic E-state index is -1.44. The number of nitrogens with two attached hydrogens (primary N) is 1. The van der Waals surface area contributed by atoms with Crippen molar-refractivity contribution in [1.82, 2.24) is 14.8 Å². The number of nitrogens with one attached hydrogen (secondary N) is 1. The summed E-state index contributed by atoms with van der Waals surface area (Å²) in [7, 11) is 0. The Morgan fingerprint density at radius 2 is 2.17 bits per heavy atom. The summed E-state index contributed by atoms with van der Waals surface area (Å²) >= 11 is 0. The van der Waals surface area contributed by atoms with Crippen molar-refractivity contribution in [2.75, 3.05) is 6.61 Å². The molecule has 0 radical (unpaired) electrons. The minimum Gasteiger partial charge on any atom is -0.503 e. The van der Waals surface area contributed by atoms with E-state index >= 15 is 0 Å². The van der Waals surface area contributed by atoms with Crippen LogP contribution in [-0.2, 0) is 17.8 Å². The highest BCUT2D eigenvalue weighted by atomic mass is 19.1. The van der Waals surface area contributed by atoms with Gasteiger partial charge in [-0.2, -0.15) is 0 Å². The molecule has 0 aliphatic carbocycles. The molecule has 1 saturated heterocycles. The van der Waals surface area contributed by atoms with Crippen molar-refractivity contribution >= 4 is 11.8 Å². The van der Waals surface area contributed by atoms with Gasteiger partial charge in [-0.1, -0.05) is 12.1 Å². The van der Waals surface area contributed by atoms with Crippen LogP contribution in [0.2, 0.25) is 0 Å². The molecule has 0 saturated carbocycles. The molecule has 2 aromatic rings. The second kappa shape index (κ2) is 6.92. The van der Waals surface area contributed by atoms with Crippen molar-refractivity contribution in [2.24, 2.45) is 5.73 Å². The second-order valence-corrected chi connectivity index (χ2v) is 7.65. The number of fused-ring (bicyclic) bond motifs is 2. The number of hydrogen-bond acceptors (Lipinski definition) is 6. The van der Waals surface area contributed by atoms with Crippen molar-refractivity contribution in [3.05, 3.63) is 62.8 Å². The molecule has 4 N–H and O–H groups in total. The van der Waals surface area contributed by atoms with Crippen molar-refractivity contribution in [3.63, 3.8) is 0 Å². The number of amides is 2. The van der Waals surface area contributed by atoms with Gasteiger partial charge in [-0.05, 0) is 25.5 Å². The summed E-state index contributed by atoms with van der Waals surface area (Å²) < 4.78 is 20.8. The number of aryl methyl sites for hydroxylation is 1. The number of aromatic nitrogens is 1. The molecule has 9 nitrogen and oxygen atoms in total. The van der Waals surface area contributed by atoms with Gasteiger partial charge in [0.2, 0.25) is 11.3 Å². The highest BCUT2D eigenvalue weighted by molar-refractivity contribution is 5.99. The largest absolute Gasteiger partial charge is 0.503 e. The molecule has 10 heteroatoms. The lowest BCUT2D eigenvalue weighted by atomic mass is 10.1. The molecule has 3 heterocycles. The molecule has 30 heavy (non-hydrogen) atoms. The Balaban J connectivity index is 1.65. The van der Waals surface area contributed by atoms with E-state index in [4.69, 9.17) is 10.5 Å². The van der Waals surface area contributed by atoms with Gasteiger partial charge in [0, 0.05) is 18.3 Å². The summed E-state index contributed by atoms with van der Waals surface area (Å²) in [4.78, 5) is 39.3. The molecule has 2 aliphatic heterocycles. The van der Waals surface area contributed by atoms with E-state index in [1.54, 1.807) is 19.9 Å². The van der Waals surface area contributed by atoms with E-state index in [0.29, 0.717) is 0 Å². The normalized spacial score (nSPS) is 22.6. The number of pyridine rings is 1. The third-order valence-electron chi connectivity index (χ3n) is 5.39. The van der Waals surface area contributed by atoms with E-state index in [9.17, 15) is 23.9 Å². The van der Waals surface area contributed by atoms with Crippen molar-refractivity contribution in [1.29, 1.82) is 0 Å². The minimum absolute atomic E-state index is 0.0703. The quantitative estimate of drug-likeness (QED) is 0.666. The fourth-order valence-corrected chi connectivity index (χ4v) is 3.86. The highest BCUT2D eigenvalue weighted by Gasteiger charge is 2.51. The molecule has 1 fully saturated rings. The summed E-state index contributed by atoms with van der Waals surface area (Å²) in [5, 5.41) is 12.9. The average Bonchev–Trinajstić information content (AvgIpc) is 2.98. The van der Waals surface area contributed by atoms with E-state index < -0.39 is 34.7 Å². The van der Waals surface area contributed by atoms with E-state index in [1.807, 2.05) is 0 Å². The van der Waals surface area contributed by atoms with Crippen LogP contribution < -0.4 is 16.5 Å². The Kier molecular flexibility index (Phi) is 4.63. The third kappa shape index (κ3) is 3.04. The Morgan fingerprint density at radius 3 is 2.87 bits per heavy atom. The number of aromatic hydroxyl groups is 1. The second-order valence-electron chi connectivity index (χ2n) is 7.65. The fourth-order valence-electron chi connectivity index (χ4n) is 3.86. The van der Waals surface area contributed by atoms with Gasteiger partial charge in [-0.15, -0.1) is 0 Å². The lowest BCUT2D eigenvalue weighted by molar-refractivity contribution is -0.0850. The Bertz CT molecular complexity index is 1130. The van der Waals surface area contributed by atoms with Crippen LogP contribution in [0.1, 0.15) is 38.9 Å². The summed E-state index contributed by atoms with van der Waals surface area (Å²) in [6, 6.07) is 4.23. The van der Waals surface area contributed by atoms with Gasteiger partial charge in [0.25, 0.3) is 11.8 Å². The fraction of sp³-hybridized carbons (Fsp3) is 0.350. The number of ether oxygens (including phenoxy) is 1. The summed E-state index contributed by atoms with van der Waals surface area (Å²) in [6.45, 7) is 3.46. The number of carbonyl (C=O) groups is 2. The number of nitrogens with zero attached hydrogens (tertiary/aromatic N) is 2. The lowest BCUT2D eigenvalue weighted by Gasteiger charge is -2.40. The van der Waals surface area contributed by atoms with E-state index in [0.717, 1.165) is 11.8 Å².